The first kappa shape index (κ1) is 16.3. The lowest BCUT2D eigenvalue weighted by atomic mass is 10.3. The lowest BCUT2D eigenvalue weighted by molar-refractivity contribution is -0.897. The SMILES string of the molecule is CC[NH+](CC)CCn1c(N)[n+](CC(=O)OC)c2ccccc21. The van der Waals surface area contributed by atoms with Crippen LogP contribution in [-0.2, 0) is 22.6 Å². The van der Waals surface area contributed by atoms with Gasteiger partial charge in [-0.05, 0) is 26.0 Å². The maximum atomic E-state index is 11.6. The zero-order valence-corrected chi connectivity index (χ0v) is 13.6. The first-order chi connectivity index (χ1) is 10.6. The number of aromatic nitrogens is 2. The number of nitrogens with two attached hydrogens (primary N) is 1. The number of methoxy groups -OCH3 is 1. The molecule has 120 valence electrons. The molecular weight excluding hydrogens is 280 g/mol. The van der Waals surface area contributed by atoms with Crippen LogP contribution in [0.2, 0.25) is 0 Å². The topological polar surface area (TPSA) is 65.6 Å². The van der Waals surface area contributed by atoms with Crippen molar-refractivity contribution in [3.05, 3.63) is 24.3 Å². The molecule has 2 aromatic rings. The number of esters is 1. The molecule has 0 amide bonds. The van der Waals surface area contributed by atoms with E-state index in [9.17, 15) is 4.79 Å². The number of nitrogens with zero attached hydrogens (tertiary/aromatic N) is 2. The highest BCUT2D eigenvalue weighted by molar-refractivity contribution is 5.75. The number of nitrogen functional groups attached to an aromatic ring is 1. The number of benzene rings is 1. The highest BCUT2D eigenvalue weighted by Gasteiger charge is 2.23. The van der Waals surface area contributed by atoms with E-state index < -0.39 is 0 Å². The minimum atomic E-state index is -0.297. The molecular formula is C16H26N4O2+2. The van der Waals surface area contributed by atoms with E-state index in [-0.39, 0.29) is 12.5 Å². The number of hydrogen-bond donors (Lipinski definition) is 2. The summed E-state index contributed by atoms with van der Waals surface area (Å²) < 4.78 is 8.68. The van der Waals surface area contributed by atoms with E-state index >= 15 is 0 Å². The minimum absolute atomic E-state index is 0.133. The molecule has 1 aromatic carbocycles. The van der Waals surface area contributed by atoms with Crippen LogP contribution >= 0.6 is 0 Å². The Morgan fingerprint density at radius 3 is 2.64 bits per heavy atom. The van der Waals surface area contributed by atoms with Gasteiger partial charge in [0.15, 0.2) is 6.54 Å². The lowest BCUT2D eigenvalue weighted by Gasteiger charge is -2.14. The van der Waals surface area contributed by atoms with E-state index in [4.69, 9.17) is 10.5 Å². The van der Waals surface area contributed by atoms with Crippen LogP contribution in [0.15, 0.2) is 24.3 Å². The molecule has 1 heterocycles. The number of ether oxygens (including phenoxy) is 1. The van der Waals surface area contributed by atoms with E-state index in [1.54, 1.807) is 0 Å². The van der Waals surface area contributed by atoms with E-state index in [0.717, 1.165) is 37.2 Å². The first-order valence-electron chi connectivity index (χ1n) is 7.79. The summed E-state index contributed by atoms with van der Waals surface area (Å²) >= 11 is 0. The highest BCUT2D eigenvalue weighted by atomic mass is 16.5. The molecule has 6 heteroatoms. The molecule has 0 unspecified atom stereocenters. The number of imidazole rings is 1. The quantitative estimate of drug-likeness (QED) is 0.541. The van der Waals surface area contributed by atoms with E-state index in [2.05, 4.69) is 18.4 Å². The molecule has 0 saturated heterocycles. The van der Waals surface area contributed by atoms with Gasteiger partial charge in [0.2, 0.25) is 0 Å². The van der Waals surface area contributed by atoms with Gasteiger partial charge in [-0.15, -0.1) is 0 Å². The zero-order chi connectivity index (χ0) is 16.1. The minimum Gasteiger partial charge on any atom is -0.467 e. The summed E-state index contributed by atoms with van der Waals surface area (Å²) in [6.07, 6.45) is 0. The third-order valence-corrected chi connectivity index (χ3v) is 4.22. The summed E-state index contributed by atoms with van der Waals surface area (Å²) in [6.45, 7) is 8.54. The molecule has 0 fully saturated rings. The Balaban J connectivity index is 2.37. The molecule has 0 atom stereocenters. The van der Waals surface area contributed by atoms with Crippen LogP contribution in [-0.4, -0.2) is 37.3 Å². The van der Waals surface area contributed by atoms with Crippen LogP contribution in [0.4, 0.5) is 5.95 Å². The number of nitrogens with one attached hydrogen (secondary N) is 1. The summed E-state index contributed by atoms with van der Waals surface area (Å²) in [5.41, 5.74) is 8.31. The van der Waals surface area contributed by atoms with Gasteiger partial charge in [0.1, 0.15) is 24.1 Å². The second-order valence-corrected chi connectivity index (χ2v) is 5.37. The number of para-hydroxylation sites is 2. The molecule has 0 aliphatic rings. The van der Waals surface area contributed by atoms with Crippen molar-refractivity contribution in [2.24, 2.45) is 0 Å². The predicted molar refractivity (Wildman–Crippen MR) is 85.5 cm³/mol. The van der Waals surface area contributed by atoms with Crippen LogP contribution in [0.1, 0.15) is 13.8 Å². The summed E-state index contributed by atoms with van der Waals surface area (Å²) in [5, 5.41) is 0. The molecule has 0 saturated carbocycles. The molecule has 0 radical (unpaired) electrons. The number of fused-ring (bicyclic) bond motifs is 1. The van der Waals surface area contributed by atoms with E-state index in [0.29, 0.717) is 5.95 Å². The van der Waals surface area contributed by atoms with Crippen molar-refractivity contribution in [2.45, 2.75) is 26.9 Å². The number of carbonyl (C=O) groups is 1. The number of hydrogen-bond acceptors (Lipinski definition) is 3. The summed E-state index contributed by atoms with van der Waals surface area (Å²) in [5.74, 6) is 0.298. The zero-order valence-electron chi connectivity index (χ0n) is 13.6. The Labute approximate surface area is 131 Å². The van der Waals surface area contributed by atoms with Gasteiger partial charge in [-0.1, -0.05) is 12.1 Å². The Hall–Kier alpha value is -2.08. The van der Waals surface area contributed by atoms with Crippen molar-refractivity contribution in [3.63, 3.8) is 0 Å². The third kappa shape index (κ3) is 3.22. The van der Waals surface area contributed by atoms with E-state index in [1.165, 1.54) is 12.0 Å². The van der Waals surface area contributed by atoms with Crippen molar-refractivity contribution in [3.8, 4) is 0 Å². The summed E-state index contributed by atoms with van der Waals surface area (Å²) in [4.78, 5) is 13.2. The van der Waals surface area contributed by atoms with Crippen molar-refractivity contribution in [1.29, 1.82) is 0 Å². The number of rotatable bonds is 7. The van der Waals surface area contributed by atoms with Crippen molar-refractivity contribution < 1.29 is 19.0 Å². The lowest BCUT2D eigenvalue weighted by Crippen LogP contribution is -3.11. The largest absolute Gasteiger partial charge is 0.467 e. The molecule has 22 heavy (non-hydrogen) atoms. The maximum Gasteiger partial charge on any atom is 0.356 e. The maximum absolute atomic E-state index is 11.6. The van der Waals surface area contributed by atoms with Gasteiger partial charge in [0, 0.05) is 0 Å². The van der Waals surface area contributed by atoms with Crippen LogP contribution in [0.25, 0.3) is 11.0 Å². The second kappa shape index (κ2) is 7.26. The second-order valence-electron chi connectivity index (χ2n) is 5.37. The highest BCUT2D eigenvalue weighted by Crippen LogP contribution is 2.15. The van der Waals surface area contributed by atoms with Crippen LogP contribution in [0, 0.1) is 0 Å². The molecule has 2 rings (SSSR count). The van der Waals surface area contributed by atoms with Gasteiger partial charge in [0.05, 0.1) is 20.2 Å². The predicted octanol–water partition coefficient (Wildman–Crippen LogP) is -0.391. The first-order valence-corrected chi connectivity index (χ1v) is 7.79. The van der Waals surface area contributed by atoms with E-state index in [1.807, 2.05) is 28.8 Å². The number of likely N-dealkylation sites (N-methyl/N-ethyl adjacent to an activating group) is 1. The molecule has 0 aliphatic carbocycles. The summed E-state index contributed by atoms with van der Waals surface area (Å²) in [7, 11) is 1.39. The van der Waals surface area contributed by atoms with Crippen LogP contribution in [0.3, 0.4) is 0 Å². The van der Waals surface area contributed by atoms with Gasteiger partial charge in [-0.3, -0.25) is 5.73 Å². The van der Waals surface area contributed by atoms with Crippen molar-refractivity contribution >= 4 is 23.0 Å². The van der Waals surface area contributed by atoms with Gasteiger partial charge in [0.25, 0.3) is 0 Å². The van der Waals surface area contributed by atoms with Crippen LogP contribution in [0.5, 0.6) is 0 Å². The van der Waals surface area contributed by atoms with Gasteiger partial charge in [-0.25, -0.2) is 13.9 Å². The molecule has 3 N–H and O–H groups in total. The number of quaternary nitrogens is 1. The van der Waals surface area contributed by atoms with Gasteiger partial charge < -0.3 is 9.64 Å². The fourth-order valence-electron chi connectivity index (χ4n) is 2.78. The number of anilines is 1. The fraction of sp³-hybridized carbons (Fsp3) is 0.500. The van der Waals surface area contributed by atoms with Crippen molar-refractivity contribution in [2.75, 3.05) is 32.5 Å². The molecule has 0 spiro atoms. The molecule has 1 aromatic heterocycles. The standard InChI is InChI=1S/C16H24N4O2/c1-4-18(5-2)10-11-19-13-8-6-7-9-14(13)20(16(19)17)12-15(21)22-3/h6-9,17H,4-5,10-12H2,1-3H3/p+2. The summed E-state index contributed by atoms with van der Waals surface area (Å²) in [6, 6.07) is 7.97. The Bertz CT molecular complexity index is 647. The smallest absolute Gasteiger partial charge is 0.356 e. The monoisotopic (exact) mass is 306 g/mol. The average molecular weight is 306 g/mol. The Morgan fingerprint density at radius 2 is 2.00 bits per heavy atom. The fourth-order valence-corrected chi connectivity index (χ4v) is 2.78. The molecule has 0 bridgehead atoms. The number of carbonyl (C=O) groups excluding carboxylic acids is 1. The van der Waals surface area contributed by atoms with Crippen LogP contribution < -0.4 is 15.2 Å². The molecule has 6 nitrogen and oxygen atoms in total. The van der Waals surface area contributed by atoms with Gasteiger partial charge in [-0.2, -0.15) is 0 Å². The molecule has 0 aliphatic heterocycles. The van der Waals surface area contributed by atoms with Gasteiger partial charge >= 0.3 is 11.9 Å². The average Bonchev–Trinajstić information content (AvgIpc) is 2.81. The van der Waals surface area contributed by atoms with Crippen molar-refractivity contribution in [1.82, 2.24) is 4.57 Å². The Kier molecular flexibility index (Phi) is 5.38. The Morgan fingerprint density at radius 1 is 1.32 bits per heavy atom. The normalized spacial score (nSPS) is 11.3. The third-order valence-electron chi connectivity index (χ3n) is 4.22.